The molecule has 2 aromatic heterocycles. The van der Waals surface area contributed by atoms with Crippen LogP contribution in [0.25, 0.3) is 5.65 Å². The summed E-state index contributed by atoms with van der Waals surface area (Å²) in [6, 6.07) is 3.60. The van der Waals surface area contributed by atoms with Gasteiger partial charge in [0, 0.05) is 12.6 Å². The molecule has 0 aliphatic heterocycles. The molecule has 1 unspecified atom stereocenters. The van der Waals surface area contributed by atoms with Crippen molar-refractivity contribution in [2.24, 2.45) is 11.7 Å². The van der Waals surface area contributed by atoms with Crippen molar-refractivity contribution >= 4 is 11.5 Å². The molecule has 7 heteroatoms. The van der Waals surface area contributed by atoms with Crippen molar-refractivity contribution in [1.29, 1.82) is 0 Å². The number of nitrogens with two attached hydrogens (primary N) is 1. The lowest BCUT2D eigenvalue weighted by Crippen LogP contribution is -2.36. The molecule has 0 aromatic carbocycles. The second-order valence-corrected chi connectivity index (χ2v) is 4.64. The van der Waals surface area contributed by atoms with Crippen LogP contribution in [0.3, 0.4) is 0 Å². The van der Waals surface area contributed by atoms with E-state index in [1.54, 1.807) is 12.1 Å². The van der Waals surface area contributed by atoms with Crippen LogP contribution in [0.15, 0.2) is 16.9 Å². The molecule has 104 valence electrons. The van der Waals surface area contributed by atoms with Crippen LogP contribution in [0, 0.1) is 5.92 Å². The number of H-pyrrole nitrogens is 1. The maximum absolute atomic E-state index is 11.4. The van der Waals surface area contributed by atoms with E-state index < -0.39 is 0 Å². The van der Waals surface area contributed by atoms with Gasteiger partial charge in [-0.25, -0.2) is 9.89 Å². The standard InChI is InChI=1S/C12H20N6O/c1-3-8(4-2)9(13)7-14-10-5-6-11-15-16-12(19)18(11)17-10/h5-6,8-9H,3-4,7,13H2,1-2H3,(H,14,17)(H,16,19). The fourth-order valence-electron chi connectivity index (χ4n) is 2.18. The van der Waals surface area contributed by atoms with Crippen LogP contribution >= 0.6 is 0 Å². The van der Waals surface area contributed by atoms with Crippen LogP contribution in [-0.2, 0) is 0 Å². The third-order valence-corrected chi connectivity index (χ3v) is 3.45. The SMILES string of the molecule is CCC(CC)C(N)CNc1ccc2n[nH]c(=O)n2n1. The van der Waals surface area contributed by atoms with Gasteiger partial charge in [-0.2, -0.15) is 9.61 Å². The Bertz CT molecular complexity index is 585. The molecule has 0 spiro atoms. The van der Waals surface area contributed by atoms with Gasteiger partial charge < -0.3 is 11.1 Å². The molecule has 2 heterocycles. The molecule has 2 aromatic rings. The Hall–Kier alpha value is -1.89. The topological polar surface area (TPSA) is 101 Å². The number of hydrogen-bond acceptors (Lipinski definition) is 5. The Morgan fingerprint density at radius 1 is 1.42 bits per heavy atom. The van der Waals surface area contributed by atoms with Crippen molar-refractivity contribution in [1.82, 2.24) is 19.8 Å². The van der Waals surface area contributed by atoms with E-state index in [9.17, 15) is 4.79 Å². The Morgan fingerprint density at radius 3 is 2.84 bits per heavy atom. The lowest BCUT2D eigenvalue weighted by molar-refractivity contribution is 0.407. The van der Waals surface area contributed by atoms with Crippen LogP contribution in [0.2, 0.25) is 0 Å². The lowest BCUT2D eigenvalue weighted by Gasteiger charge is -2.21. The zero-order valence-corrected chi connectivity index (χ0v) is 11.3. The number of nitrogens with one attached hydrogen (secondary N) is 2. The number of anilines is 1. The summed E-state index contributed by atoms with van der Waals surface area (Å²) in [4.78, 5) is 11.4. The third-order valence-electron chi connectivity index (χ3n) is 3.45. The summed E-state index contributed by atoms with van der Waals surface area (Å²) in [5.74, 6) is 1.12. The van der Waals surface area contributed by atoms with Crippen molar-refractivity contribution in [3.05, 3.63) is 22.6 Å². The first-order valence-corrected chi connectivity index (χ1v) is 6.59. The summed E-state index contributed by atoms with van der Waals surface area (Å²) in [5.41, 5.74) is 6.29. The molecular weight excluding hydrogens is 244 g/mol. The molecule has 4 N–H and O–H groups in total. The van der Waals surface area contributed by atoms with Crippen LogP contribution in [0.5, 0.6) is 0 Å². The lowest BCUT2D eigenvalue weighted by atomic mass is 9.95. The summed E-state index contributed by atoms with van der Waals surface area (Å²) < 4.78 is 1.23. The summed E-state index contributed by atoms with van der Waals surface area (Å²) >= 11 is 0. The summed E-state index contributed by atoms with van der Waals surface area (Å²) in [6.45, 7) is 4.92. The van der Waals surface area contributed by atoms with E-state index in [4.69, 9.17) is 5.73 Å². The first-order chi connectivity index (χ1) is 9.15. The van der Waals surface area contributed by atoms with Gasteiger partial charge in [0.25, 0.3) is 0 Å². The fraction of sp³-hybridized carbons (Fsp3) is 0.583. The Labute approximate surface area is 111 Å². The van der Waals surface area contributed by atoms with E-state index in [0.29, 0.717) is 23.9 Å². The Kier molecular flexibility index (Phi) is 4.16. The first-order valence-electron chi connectivity index (χ1n) is 6.59. The molecular formula is C12H20N6O. The van der Waals surface area contributed by atoms with E-state index in [2.05, 4.69) is 34.5 Å². The molecule has 0 aliphatic rings. The fourth-order valence-corrected chi connectivity index (χ4v) is 2.18. The van der Waals surface area contributed by atoms with Crippen molar-refractivity contribution in [3.63, 3.8) is 0 Å². The molecule has 0 saturated carbocycles. The van der Waals surface area contributed by atoms with Crippen LogP contribution < -0.4 is 16.7 Å². The van der Waals surface area contributed by atoms with Gasteiger partial charge in [-0.05, 0) is 18.1 Å². The van der Waals surface area contributed by atoms with Gasteiger partial charge in [0.2, 0.25) is 0 Å². The van der Waals surface area contributed by atoms with E-state index >= 15 is 0 Å². The molecule has 0 aliphatic carbocycles. The number of aromatic nitrogens is 4. The average Bonchev–Trinajstić information content (AvgIpc) is 2.79. The third kappa shape index (κ3) is 2.93. The number of hydrogen-bond donors (Lipinski definition) is 3. The zero-order chi connectivity index (χ0) is 13.8. The van der Waals surface area contributed by atoms with E-state index in [0.717, 1.165) is 12.8 Å². The minimum Gasteiger partial charge on any atom is -0.367 e. The molecule has 0 bridgehead atoms. The molecule has 1 atom stereocenters. The molecule has 2 rings (SSSR count). The largest absolute Gasteiger partial charge is 0.367 e. The van der Waals surface area contributed by atoms with Gasteiger partial charge in [0.05, 0.1) is 0 Å². The predicted molar refractivity (Wildman–Crippen MR) is 74.1 cm³/mol. The van der Waals surface area contributed by atoms with Crippen molar-refractivity contribution in [3.8, 4) is 0 Å². The number of fused-ring (bicyclic) bond motifs is 1. The molecule has 0 saturated heterocycles. The second-order valence-electron chi connectivity index (χ2n) is 4.64. The van der Waals surface area contributed by atoms with E-state index in [1.807, 2.05) is 0 Å². The van der Waals surface area contributed by atoms with Crippen LogP contribution in [-0.4, -0.2) is 32.4 Å². The maximum Gasteiger partial charge on any atom is 0.364 e. The minimum atomic E-state index is -0.344. The van der Waals surface area contributed by atoms with Crippen LogP contribution in [0.1, 0.15) is 26.7 Å². The predicted octanol–water partition coefficient (Wildman–Crippen LogP) is 0.593. The highest BCUT2D eigenvalue weighted by Crippen LogP contribution is 2.12. The maximum atomic E-state index is 11.4. The quantitative estimate of drug-likeness (QED) is 0.709. The van der Waals surface area contributed by atoms with Gasteiger partial charge in [-0.1, -0.05) is 26.7 Å². The van der Waals surface area contributed by atoms with Gasteiger partial charge in [-0.3, -0.25) is 0 Å². The van der Waals surface area contributed by atoms with Gasteiger partial charge in [-0.15, -0.1) is 5.10 Å². The summed E-state index contributed by atoms with van der Waals surface area (Å²) in [7, 11) is 0. The van der Waals surface area contributed by atoms with Crippen molar-refractivity contribution in [2.75, 3.05) is 11.9 Å². The number of aromatic amines is 1. The Balaban J connectivity index is 2.05. The molecule has 0 fully saturated rings. The highest BCUT2D eigenvalue weighted by atomic mass is 16.2. The average molecular weight is 264 g/mol. The van der Waals surface area contributed by atoms with Crippen LogP contribution in [0.4, 0.5) is 5.82 Å². The second kappa shape index (κ2) is 5.83. The first kappa shape index (κ1) is 13.5. The molecule has 0 radical (unpaired) electrons. The highest BCUT2D eigenvalue weighted by Gasteiger charge is 2.13. The van der Waals surface area contributed by atoms with Gasteiger partial charge in [0.1, 0.15) is 5.82 Å². The number of nitrogens with zero attached hydrogens (tertiary/aromatic N) is 3. The molecule has 0 amide bonds. The van der Waals surface area contributed by atoms with Gasteiger partial charge >= 0.3 is 5.69 Å². The van der Waals surface area contributed by atoms with E-state index in [1.165, 1.54) is 4.52 Å². The Morgan fingerprint density at radius 2 is 2.16 bits per heavy atom. The molecule has 7 nitrogen and oxygen atoms in total. The summed E-state index contributed by atoms with van der Waals surface area (Å²) in [5, 5.41) is 13.5. The van der Waals surface area contributed by atoms with Crippen molar-refractivity contribution < 1.29 is 0 Å². The minimum absolute atomic E-state index is 0.0774. The normalized spacial score (nSPS) is 13.1. The van der Waals surface area contributed by atoms with Gasteiger partial charge in [0.15, 0.2) is 5.65 Å². The zero-order valence-electron chi connectivity index (χ0n) is 11.3. The monoisotopic (exact) mass is 264 g/mol. The highest BCUT2D eigenvalue weighted by molar-refractivity contribution is 5.42. The van der Waals surface area contributed by atoms with E-state index in [-0.39, 0.29) is 11.7 Å². The van der Waals surface area contributed by atoms with Crippen molar-refractivity contribution in [2.45, 2.75) is 32.7 Å². The number of rotatable bonds is 6. The smallest absolute Gasteiger partial charge is 0.364 e. The summed E-state index contributed by atoms with van der Waals surface area (Å²) in [6.07, 6.45) is 2.12. The molecule has 19 heavy (non-hydrogen) atoms.